The van der Waals surface area contributed by atoms with E-state index in [1.807, 2.05) is 0 Å². The Morgan fingerprint density at radius 1 is 1.26 bits per heavy atom. The number of rotatable bonds is 2. The molecule has 4 rings (SSSR count). The molecular formula is C20H18ClF4N5O. The Hall–Kier alpha value is -2.85. The van der Waals surface area contributed by atoms with Crippen molar-refractivity contribution in [2.75, 3.05) is 11.6 Å². The molecule has 0 saturated heterocycles. The van der Waals surface area contributed by atoms with Crippen LogP contribution in [-0.4, -0.2) is 28.4 Å². The van der Waals surface area contributed by atoms with Gasteiger partial charge in [-0.3, -0.25) is 4.79 Å². The van der Waals surface area contributed by atoms with Gasteiger partial charge in [0, 0.05) is 23.6 Å². The molecule has 0 bridgehead atoms. The third kappa shape index (κ3) is 3.92. The van der Waals surface area contributed by atoms with E-state index in [9.17, 15) is 22.4 Å². The molecule has 1 unspecified atom stereocenters. The number of halogens is 5. The van der Waals surface area contributed by atoms with Crippen molar-refractivity contribution in [3.05, 3.63) is 69.4 Å². The summed E-state index contributed by atoms with van der Waals surface area (Å²) >= 11 is 5.83. The van der Waals surface area contributed by atoms with E-state index in [4.69, 9.17) is 11.6 Å². The highest BCUT2D eigenvalue weighted by atomic mass is 35.5. The first kappa shape index (κ1) is 21.4. The quantitative estimate of drug-likeness (QED) is 0.665. The highest BCUT2D eigenvalue weighted by Crippen LogP contribution is 2.34. The fourth-order valence-corrected chi connectivity index (χ4v) is 3.94. The van der Waals surface area contributed by atoms with Gasteiger partial charge in [-0.1, -0.05) is 11.6 Å². The summed E-state index contributed by atoms with van der Waals surface area (Å²) < 4.78 is 52.9. The maximum Gasteiger partial charge on any atom is 0.416 e. The van der Waals surface area contributed by atoms with E-state index >= 15 is 0 Å². The Labute approximate surface area is 180 Å². The normalized spacial score (nSPS) is 18.9. The van der Waals surface area contributed by atoms with Gasteiger partial charge in [0.1, 0.15) is 11.6 Å². The van der Waals surface area contributed by atoms with Crippen molar-refractivity contribution in [1.29, 1.82) is 0 Å². The summed E-state index contributed by atoms with van der Waals surface area (Å²) in [7, 11) is 0. The smallest absolute Gasteiger partial charge is 0.330 e. The molecule has 1 aromatic heterocycles. The zero-order valence-electron chi connectivity index (χ0n) is 16.5. The van der Waals surface area contributed by atoms with Crippen LogP contribution in [0.2, 0.25) is 5.02 Å². The zero-order valence-corrected chi connectivity index (χ0v) is 17.3. The number of hydrogen-bond acceptors (Lipinski definition) is 5. The second-order valence-electron chi connectivity index (χ2n) is 7.38. The molecule has 0 fully saturated rings. The summed E-state index contributed by atoms with van der Waals surface area (Å²) in [4.78, 5) is 18.6. The van der Waals surface area contributed by atoms with E-state index in [1.54, 1.807) is 24.9 Å². The molecule has 0 radical (unpaired) electrons. The Kier molecular flexibility index (Phi) is 5.30. The number of aryl methyl sites for hydroxylation is 1. The number of aromatic nitrogens is 1. The van der Waals surface area contributed by atoms with Gasteiger partial charge in [-0.25, -0.2) is 14.4 Å². The molecule has 1 amide bonds. The minimum Gasteiger partial charge on any atom is -0.330 e. The standard InChI is InChI=1S/C20H18ClF4N5O/c1-10-5-17(26-9-15(10)22)30-16-3-4-29(11(2)18(16)27-28-30)19(31)12-6-13(20(23,24)25)8-14(21)7-12/h5-9,11,27-28H,3-4H2,1-2H3. The lowest BCUT2D eigenvalue weighted by atomic mass is 10.0. The van der Waals surface area contributed by atoms with Crippen LogP contribution in [0.5, 0.6) is 0 Å². The molecular weight excluding hydrogens is 438 g/mol. The van der Waals surface area contributed by atoms with Crippen molar-refractivity contribution in [2.24, 2.45) is 0 Å². The number of anilines is 1. The van der Waals surface area contributed by atoms with Crippen LogP contribution in [-0.2, 0) is 6.18 Å². The number of hydrazine groups is 2. The molecule has 2 N–H and O–H groups in total. The van der Waals surface area contributed by atoms with Crippen LogP contribution in [0.15, 0.2) is 41.9 Å². The van der Waals surface area contributed by atoms with E-state index in [0.717, 1.165) is 24.0 Å². The fourth-order valence-electron chi connectivity index (χ4n) is 3.71. The van der Waals surface area contributed by atoms with Crippen LogP contribution in [0.1, 0.15) is 34.8 Å². The van der Waals surface area contributed by atoms with Gasteiger partial charge in [-0.05, 0) is 43.7 Å². The number of pyridine rings is 1. The first-order chi connectivity index (χ1) is 14.6. The number of alkyl halides is 3. The van der Waals surface area contributed by atoms with Crippen molar-refractivity contribution in [2.45, 2.75) is 32.5 Å². The van der Waals surface area contributed by atoms with Crippen molar-refractivity contribution in [3.8, 4) is 0 Å². The molecule has 2 aliphatic rings. The topological polar surface area (TPSA) is 60.5 Å². The number of nitrogens with zero attached hydrogens (tertiary/aromatic N) is 3. The van der Waals surface area contributed by atoms with Crippen molar-refractivity contribution >= 4 is 23.3 Å². The van der Waals surface area contributed by atoms with Gasteiger partial charge in [0.05, 0.1) is 29.2 Å². The van der Waals surface area contributed by atoms with Gasteiger partial charge in [-0.15, -0.1) is 5.53 Å². The first-order valence-electron chi connectivity index (χ1n) is 9.42. The average molecular weight is 456 g/mol. The SMILES string of the molecule is Cc1cc(N2NNC3=C2CCN(C(=O)c2cc(Cl)cc(C(F)(F)F)c2)C3C)ncc1F. The molecule has 0 aliphatic carbocycles. The number of amides is 1. The Bertz CT molecular complexity index is 1090. The number of nitrogens with one attached hydrogen (secondary N) is 2. The van der Waals surface area contributed by atoms with Gasteiger partial charge in [0.15, 0.2) is 0 Å². The lowest BCUT2D eigenvalue weighted by molar-refractivity contribution is -0.137. The molecule has 11 heteroatoms. The number of hydrogen-bond donors (Lipinski definition) is 2. The Balaban J connectivity index is 1.61. The van der Waals surface area contributed by atoms with Crippen LogP contribution in [0.3, 0.4) is 0 Å². The van der Waals surface area contributed by atoms with Crippen LogP contribution < -0.4 is 16.0 Å². The zero-order chi connectivity index (χ0) is 22.5. The van der Waals surface area contributed by atoms with Crippen LogP contribution in [0.4, 0.5) is 23.4 Å². The molecule has 31 heavy (non-hydrogen) atoms. The van der Waals surface area contributed by atoms with Gasteiger partial charge in [0.25, 0.3) is 5.91 Å². The lowest BCUT2D eigenvalue weighted by Gasteiger charge is -2.35. The molecule has 0 spiro atoms. The van der Waals surface area contributed by atoms with Crippen molar-refractivity contribution in [1.82, 2.24) is 20.8 Å². The summed E-state index contributed by atoms with van der Waals surface area (Å²) in [5.74, 6) is -0.491. The molecule has 1 atom stereocenters. The third-order valence-electron chi connectivity index (χ3n) is 5.35. The largest absolute Gasteiger partial charge is 0.416 e. The molecule has 164 valence electrons. The summed E-state index contributed by atoms with van der Waals surface area (Å²) in [6.07, 6.45) is -3.07. The van der Waals surface area contributed by atoms with E-state index < -0.39 is 29.5 Å². The number of benzene rings is 1. The van der Waals surface area contributed by atoms with Gasteiger partial charge in [-0.2, -0.15) is 13.2 Å². The molecule has 2 aliphatic heterocycles. The van der Waals surface area contributed by atoms with E-state index in [1.165, 1.54) is 11.0 Å². The summed E-state index contributed by atoms with van der Waals surface area (Å²) in [6, 6.07) is 3.96. The second-order valence-corrected chi connectivity index (χ2v) is 7.81. The van der Waals surface area contributed by atoms with E-state index in [0.29, 0.717) is 23.5 Å². The van der Waals surface area contributed by atoms with Gasteiger partial charge < -0.3 is 10.3 Å². The van der Waals surface area contributed by atoms with E-state index in [-0.39, 0.29) is 17.1 Å². The van der Waals surface area contributed by atoms with Crippen molar-refractivity contribution in [3.63, 3.8) is 0 Å². The molecule has 6 nitrogen and oxygen atoms in total. The summed E-state index contributed by atoms with van der Waals surface area (Å²) in [6.45, 7) is 3.67. The monoisotopic (exact) mass is 455 g/mol. The second kappa shape index (κ2) is 7.69. The Morgan fingerprint density at radius 2 is 2.00 bits per heavy atom. The van der Waals surface area contributed by atoms with Crippen LogP contribution in [0, 0.1) is 12.7 Å². The summed E-state index contributed by atoms with van der Waals surface area (Å²) in [5, 5.41) is 1.51. The predicted octanol–water partition coefficient (Wildman–Crippen LogP) is 4.18. The van der Waals surface area contributed by atoms with Crippen molar-refractivity contribution < 1.29 is 22.4 Å². The summed E-state index contributed by atoms with van der Waals surface area (Å²) in [5.41, 5.74) is 6.77. The first-order valence-corrected chi connectivity index (χ1v) is 9.80. The minimum atomic E-state index is -4.61. The van der Waals surface area contributed by atoms with Crippen LogP contribution >= 0.6 is 11.6 Å². The van der Waals surface area contributed by atoms with Crippen LogP contribution in [0.25, 0.3) is 0 Å². The van der Waals surface area contributed by atoms with Gasteiger partial charge >= 0.3 is 6.18 Å². The van der Waals surface area contributed by atoms with E-state index in [2.05, 4.69) is 15.9 Å². The average Bonchev–Trinajstić information content (AvgIpc) is 3.14. The Morgan fingerprint density at radius 3 is 2.68 bits per heavy atom. The number of carbonyl (C=O) groups is 1. The number of carbonyl (C=O) groups excluding carboxylic acids is 1. The third-order valence-corrected chi connectivity index (χ3v) is 5.57. The molecule has 2 aromatic rings. The lowest BCUT2D eigenvalue weighted by Crippen LogP contribution is -2.45. The molecule has 3 heterocycles. The molecule has 0 saturated carbocycles. The minimum absolute atomic E-state index is 0.130. The maximum atomic E-state index is 13.6. The molecule has 1 aromatic carbocycles. The highest BCUT2D eigenvalue weighted by Gasteiger charge is 2.38. The van der Waals surface area contributed by atoms with Gasteiger partial charge in [0.2, 0.25) is 0 Å². The maximum absolute atomic E-state index is 13.6. The predicted molar refractivity (Wildman–Crippen MR) is 106 cm³/mol. The fraction of sp³-hybridized carbons (Fsp3) is 0.300. The highest BCUT2D eigenvalue weighted by molar-refractivity contribution is 6.31.